The van der Waals surface area contributed by atoms with E-state index in [1.807, 2.05) is 25.1 Å². The molecule has 2 amide bonds. The number of hydrogen-bond acceptors (Lipinski definition) is 4. The summed E-state index contributed by atoms with van der Waals surface area (Å²) in [7, 11) is 3.21. The third-order valence-electron chi connectivity index (χ3n) is 4.49. The fraction of sp³-hybridized carbons (Fsp3) is 0.348. The lowest BCUT2D eigenvalue weighted by molar-refractivity contribution is 0.0949. The summed E-state index contributed by atoms with van der Waals surface area (Å²) in [5, 5.41) is 11.9. The number of halogens is 1. The molecule has 0 aliphatic carbocycles. The quantitative estimate of drug-likeness (QED) is 0.156. The van der Waals surface area contributed by atoms with E-state index in [0.29, 0.717) is 42.5 Å². The maximum absolute atomic E-state index is 12.2. The van der Waals surface area contributed by atoms with Crippen molar-refractivity contribution in [3.63, 3.8) is 0 Å². The second-order valence-corrected chi connectivity index (χ2v) is 6.70. The van der Waals surface area contributed by atoms with Crippen LogP contribution in [0, 0.1) is 0 Å². The molecule has 0 aliphatic heterocycles. The SMILES string of the molecule is CCNC(=NCCc1cccc(C(=O)NC)c1)NCCNC(=O)c1ccc(OC)cc1.I. The first kappa shape index (κ1) is 27.2. The smallest absolute Gasteiger partial charge is 0.251 e. The van der Waals surface area contributed by atoms with Gasteiger partial charge in [0.15, 0.2) is 5.96 Å². The fourth-order valence-electron chi connectivity index (χ4n) is 2.85. The molecule has 0 bridgehead atoms. The highest BCUT2D eigenvalue weighted by molar-refractivity contribution is 14.0. The van der Waals surface area contributed by atoms with Gasteiger partial charge in [-0.3, -0.25) is 14.6 Å². The van der Waals surface area contributed by atoms with Crippen LogP contribution in [0.2, 0.25) is 0 Å². The second-order valence-electron chi connectivity index (χ2n) is 6.70. The third-order valence-corrected chi connectivity index (χ3v) is 4.49. The molecule has 174 valence electrons. The van der Waals surface area contributed by atoms with Gasteiger partial charge in [-0.05, 0) is 55.3 Å². The number of rotatable bonds is 10. The number of ether oxygens (including phenoxy) is 1. The van der Waals surface area contributed by atoms with Gasteiger partial charge in [-0.15, -0.1) is 24.0 Å². The predicted octanol–water partition coefficient (Wildman–Crippen LogP) is 2.20. The Morgan fingerprint density at radius 3 is 2.31 bits per heavy atom. The van der Waals surface area contributed by atoms with Crippen molar-refractivity contribution in [2.45, 2.75) is 13.3 Å². The van der Waals surface area contributed by atoms with Crippen molar-refractivity contribution in [1.29, 1.82) is 0 Å². The normalized spacial score (nSPS) is 10.5. The molecular formula is C23H32IN5O3. The van der Waals surface area contributed by atoms with Crippen LogP contribution in [0.1, 0.15) is 33.2 Å². The second kappa shape index (κ2) is 15.1. The molecule has 0 spiro atoms. The highest BCUT2D eigenvalue weighted by atomic mass is 127. The molecule has 0 radical (unpaired) electrons. The minimum absolute atomic E-state index is 0. The summed E-state index contributed by atoms with van der Waals surface area (Å²) < 4.78 is 5.10. The van der Waals surface area contributed by atoms with Gasteiger partial charge in [0, 0.05) is 44.4 Å². The summed E-state index contributed by atoms with van der Waals surface area (Å²) >= 11 is 0. The first-order chi connectivity index (χ1) is 15.1. The highest BCUT2D eigenvalue weighted by Gasteiger charge is 2.06. The van der Waals surface area contributed by atoms with Gasteiger partial charge >= 0.3 is 0 Å². The summed E-state index contributed by atoms with van der Waals surface area (Å²) in [5.74, 6) is 1.16. The van der Waals surface area contributed by atoms with E-state index in [-0.39, 0.29) is 35.8 Å². The van der Waals surface area contributed by atoms with Crippen LogP contribution in [0.4, 0.5) is 0 Å². The maximum atomic E-state index is 12.2. The van der Waals surface area contributed by atoms with Crippen LogP contribution in [0.5, 0.6) is 5.75 Å². The Bertz CT molecular complexity index is 887. The topological polar surface area (TPSA) is 104 Å². The van der Waals surface area contributed by atoms with E-state index in [0.717, 1.165) is 18.5 Å². The Labute approximate surface area is 206 Å². The van der Waals surface area contributed by atoms with Gasteiger partial charge in [0.2, 0.25) is 0 Å². The largest absolute Gasteiger partial charge is 0.497 e. The molecule has 8 nitrogen and oxygen atoms in total. The first-order valence-electron chi connectivity index (χ1n) is 10.3. The van der Waals surface area contributed by atoms with Gasteiger partial charge in [0.25, 0.3) is 11.8 Å². The molecule has 2 aromatic carbocycles. The average Bonchev–Trinajstić information content (AvgIpc) is 2.81. The van der Waals surface area contributed by atoms with Gasteiger partial charge < -0.3 is 26.0 Å². The highest BCUT2D eigenvalue weighted by Crippen LogP contribution is 2.11. The Balaban J connectivity index is 0.00000512. The van der Waals surface area contributed by atoms with Crippen molar-refractivity contribution in [3.05, 3.63) is 65.2 Å². The molecule has 0 atom stereocenters. The zero-order chi connectivity index (χ0) is 22.5. The minimum atomic E-state index is -0.137. The molecule has 4 N–H and O–H groups in total. The molecule has 0 aliphatic rings. The van der Waals surface area contributed by atoms with E-state index < -0.39 is 0 Å². The van der Waals surface area contributed by atoms with E-state index in [9.17, 15) is 9.59 Å². The van der Waals surface area contributed by atoms with Gasteiger partial charge in [-0.1, -0.05) is 12.1 Å². The Kier molecular flexibility index (Phi) is 12.8. The standard InChI is InChI=1S/C23H31N5O3.HI/c1-4-25-23(27-13-12-17-6-5-7-19(16-17)21(29)24-2)28-15-14-26-22(30)18-8-10-20(31-3)11-9-18;/h5-11,16H,4,12-15H2,1-3H3,(H,24,29)(H,26,30)(H2,25,27,28);1H. The Morgan fingerprint density at radius 1 is 0.938 bits per heavy atom. The lowest BCUT2D eigenvalue weighted by Crippen LogP contribution is -2.41. The van der Waals surface area contributed by atoms with E-state index in [2.05, 4.69) is 26.3 Å². The number of nitrogens with one attached hydrogen (secondary N) is 4. The molecule has 2 rings (SSSR count). The number of aliphatic imine (C=N–C) groups is 1. The van der Waals surface area contributed by atoms with Crippen LogP contribution in [0.15, 0.2) is 53.5 Å². The van der Waals surface area contributed by atoms with E-state index in [4.69, 9.17) is 4.74 Å². The molecule has 2 aromatic rings. The van der Waals surface area contributed by atoms with Crippen LogP contribution in [-0.2, 0) is 6.42 Å². The zero-order valence-corrected chi connectivity index (χ0v) is 21.1. The van der Waals surface area contributed by atoms with Crippen LogP contribution in [0.3, 0.4) is 0 Å². The van der Waals surface area contributed by atoms with Gasteiger partial charge in [0.1, 0.15) is 5.75 Å². The summed E-state index contributed by atoms with van der Waals surface area (Å²) in [6, 6.07) is 14.5. The minimum Gasteiger partial charge on any atom is -0.497 e. The van der Waals surface area contributed by atoms with Gasteiger partial charge in [-0.25, -0.2) is 0 Å². The summed E-state index contributed by atoms with van der Waals surface area (Å²) in [6.07, 6.45) is 0.718. The van der Waals surface area contributed by atoms with E-state index in [1.165, 1.54) is 0 Å². The van der Waals surface area contributed by atoms with Crippen molar-refractivity contribution >= 4 is 41.8 Å². The number of benzene rings is 2. The zero-order valence-electron chi connectivity index (χ0n) is 18.7. The number of guanidine groups is 1. The molecule has 9 heteroatoms. The van der Waals surface area contributed by atoms with E-state index >= 15 is 0 Å². The average molecular weight is 553 g/mol. The van der Waals surface area contributed by atoms with Crippen molar-refractivity contribution in [1.82, 2.24) is 21.3 Å². The predicted molar refractivity (Wildman–Crippen MR) is 138 cm³/mol. The number of methoxy groups -OCH3 is 1. The molecule has 0 saturated heterocycles. The van der Waals surface area contributed by atoms with Crippen LogP contribution in [0.25, 0.3) is 0 Å². The number of hydrogen-bond donors (Lipinski definition) is 4. The number of carbonyl (C=O) groups is 2. The number of amides is 2. The van der Waals surface area contributed by atoms with Crippen molar-refractivity contribution < 1.29 is 14.3 Å². The lowest BCUT2D eigenvalue weighted by atomic mass is 10.1. The van der Waals surface area contributed by atoms with Crippen LogP contribution >= 0.6 is 24.0 Å². The Hall–Kier alpha value is -2.82. The Morgan fingerprint density at radius 2 is 1.66 bits per heavy atom. The molecule has 0 saturated carbocycles. The van der Waals surface area contributed by atoms with Gasteiger partial charge in [0.05, 0.1) is 7.11 Å². The van der Waals surface area contributed by atoms with Crippen molar-refractivity contribution in [2.75, 3.05) is 40.3 Å². The van der Waals surface area contributed by atoms with E-state index in [1.54, 1.807) is 44.5 Å². The third kappa shape index (κ3) is 9.13. The van der Waals surface area contributed by atoms with Gasteiger partial charge in [-0.2, -0.15) is 0 Å². The monoisotopic (exact) mass is 553 g/mol. The first-order valence-corrected chi connectivity index (χ1v) is 10.3. The lowest BCUT2D eigenvalue weighted by Gasteiger charge is -2.12. The van der Waals surface area contributed by atoms with Crippen LogP contribution in [-0.4, -0.2) is 58.1 Å². The molecule has 0 fully saturated rings. The molecule has 0 unspecified atom stereocenters. The van der Waals surface area contributed by atoms with Crippen LogP contribution < -0.4 is 26.0 Å². The molecular weight excluding hydrogens is 521 g/mol. The number of carbonyl (C=O) groups excluding carboxylic acids is 2. The van der Waals surface area contributed by atoms with Crippen molar-refractivity contribution in [2.24, 2.45) is 4.99 Å². The fourth-order valence-corrected chi connectivity index (χ4v) is 2.85. The summed E-state index contributed by atoms with van der Waals surface area (Å²) in [5.41, 5.74) is 2.27. The molecule has 0 heterocycles. The molecule has 32 heavy (non-hydrogen) atoms. The summed E-state index contributed by atoms with van der Waals surface area (Å²) in [6.45, 7) is 4.31. The van der Waals surface area contributed by atoms with Crippen molar-refractivity contribution in [3.8, 4) is 5.75 Å². The summed E-state index contributed by atoms with van der Waals surface area (Å²) in [4.78, 5) is 28.5. The number of nitrogens with zero attached hydrogens (tertiary/aromatic N) is 1. The maximum Gasteiger partial charge on any atom is 0.251 e. The molecule has 0 aromatic heterocycles.